The van der Waals surface area contributed by atoms with Gasteiger partial charge in [-0.15, -0.1) is 12.4 Å². The first-order valence-electron chi connectivity index (χ1n) is 5.80. The summed E-state index contributed by atoms with van der Waals surface area (Å²) in [6.45, 7) is 1.21. The molecular weight excluding hydrogens is 270 g/mol. The molecule has 0 aliphatic rings. The Morgan fingerprint density at radius 3 is 2.89 bits per heavy atom. The predicted molar refractivity (Wildman–Crippen MR) is 72.1 cm³/mol. The van der Waals surface area contributed by atoms with Gasteiger partial charge >= 0.3 is 0 Å². The SMILES string of the molecule is Cl.NCCCCNC(=O)c1cc(-c2ccco2)on1. The number of unbranched alkanes of at least 4 members (excludes halogenated alkanes) is 1. The molecule has 0 radical (unpaired) electrons. The minimum absolute atomic E-state index is 0. The van der Waals surface area contributed by atoms with Crippen molar-refractivity contribution in [2.75, 3.05) is 13.1 Å². The van der Waals surface area contributed by atoms with Crippen molar-refractivity contribution in [1.82, 2.24) is 10.5 Å². The quantitative estimate of drug-likeness (QED) is 0.790. The second-order valence-electron chi connectivity index (χ2n) is 3.81. The second-order valence-corrected chi connectivity index (χ2v) is 3.81. The predicted octanol–water partition coefficient (Wildman–Crippen LogP) is 1.83. The molecule has 0 aliphatic carbocycles. The zero-order chi connectivity index (χ0) is 12.8. The van der Waals surface area contributed by atoms with Gasteiger partial charge in [-0.05, 0) is 31.5 Å². The van der Waals surface area contributed by atoms with Crippen LogP contribution in [0.3, 0.4) is 0 Å². The van der Waals surface area contributed by atoms with E-state index in [0.717, 1.165) is 12.8 Å². The maximum Gasteiger partial charge on any atom is 0.273 e. The lowest BCUT2D eigenvalue weighted by Crippen LogP contribution is -2.25. The van der Waals surface area contributed by atoms with Crippen molar-refractivity contribution in [3.05, 3.63) is 30.2 Å². The number of aromatic nitrogens is 1. The summed E-state index contributed by atoms with van der Waals surface area (Å²) in [7, 11) is 0. The summed E-state index contributed by atoms with van der Waals surface area (Å²) >= 11 is 0. The van der Waals surface area contributed by atoms with Crippen molar-refractivity contribution >= 4 is 18.3 Å². The van der Waals surface area contributed by atoms with Gasteiger partial charge in [-0.3, -0.25) is 4.79 Å². The van der Waals surface area contributed by atoms with E-state index in [2.05, 4.69) is 10.5 Å². The Morgan fingerprint density at radius 2 is 2.21 bits per heavy atom. The van der Waals surface area contributed by atoms with Crippen LogP contribution in [-0.2, 0) is 0 Å². The monoisotopic (exact) mass is 285 g/mol. The maximum absolute atomic E-state index is 11.7. The zero-order valence-corrected chi connectivity index (χ0v) is 11.1. The maximum atomic E-state index is 11.7. The van der Waals surface area contributed by atoms with Crippen LogP contribution in [0.15, 0.2) is 33.4 Å². The first-order chi connectivity index (χ1) is 8.81. The summed E-state index contributed by atoms with van der Waals surface area (Å²) in [6, 6.07) is 5.03. The fourth-order valence-electron chi connectivity index (χ4n) is 1.48. The Balaban J connectivity index is 0.00000180. The lowest BCUT2D eigenvalue weighted by atomic mass is 10.3. The molecule has 2 aromatic heterocycles. The van der Waals surface area contributed by atoms with Crippen molar-refractivity contribution < 1.29 is 13.7 Å². The van der Waals surface area contributed by atoms with E-state index in [1.54, 1.807) is 18.2 Å². The average molecular weight is 286 g/mol. The molecule has 0 bridgehead atoms. The number of carbonyl (C=O) groups excluding carboxylic acids is 1. The minimum atomic E-state index is -0.256. The van der Waals surface area contributed by atoms with E-state index >= 15 is 0 Å². The highest BCUT2D eigenvalue weighted by Crippen LogP contribution is 2.20. The molecule has 0 saturated carbocycles. The number of hydrogen-bond acceptors (Lipinski definition) is 5. The Bertz CT molecular complexity index is 496. The Labute approximate surface area is 116 Å². The van der Waals surface area contributed by atoms with E-state index in [4.69, 9.17) is 14.7 Å². The number of halogens is 1. The molecule has 2 rings (SSSR count). The van der Waals surface area contributed by atoms with Crippen LogP contribution in [0.4, 0.5) is 0 Å². The zero-order valence-electron chi connectivity index (χ0n) is 10.3. The second kappa shape index (κ2) is 7.60. The number of amides is 1. The molecule has 0 aliphatic heterocycles. The number of furan rings is 1. The van der Waals surface area contributed by atoms with Crippen molar-refractivity contribution in [2.24, 2.45) is 5.73 Å². The van der Waals surface area contributed by atoms with Gasteiger partial charge in [0.05, 0.1) is 6.26 Å². The number of carbonyl (C=O) groups is 1. The minimum Gasteiger partial charge on any atom is -0.461 e. The van der Waals surface area contributed by atoms with E-state index in [9.17, 15) is 4.79 Å². The molecule has 1 amide bonds. The third-order valence-electron chi connectivity index (χ3n) is 2.42. The van der Waals surface area contributed by atoms with E-state index in [1.807, 2.05) is 0 Å². The molecular formula is C12H16ClN3O3. The van der Waals surface area contributed by atoms with Crippen LogP contribution in [0.25, 0.3) is 11.5 Å². The molecule has 0 saturated heterocycles. The summed E-state index contributed by atoms with van der Waals surface area (Å²) in [5.41, 5.74) is 5.61. The van der Waals surface area contributed by atoms with Gasteiger partial charge in [-0.25, -0.2) is 0 Å². The van der Waals surface area contributed by atoms with Crippen LogP contribution in [0.2, 0.25) is 0 Å². The summed E-state index contributed by atoms with van der Waals surface area (Å²) in [6.07, 6.45) is 3.27. The first kappa shape index (κ1) is 15.3. The van der Waals surface area contributed by atoms with E-state index in [0.29, 0.717) is 24.6 Å². The van der Waals surface area contributed by atoms with Gasteiger partial charge in [-0.2, -0.15) is 0 Å². The molecule has 0 fully saturated rings. The van der Waals surface area contributed by atoms with Crippen LogP contribution in [0, 0.1) is 0 Å². The van der Waals surface area contributed by atoms with E-state index < -0.39 is 0 Å². The molecule has 0 unspecified atom stereocenters. The standard InChI is InChI=1S/C12H15N3O3.ClH/c13-5-1-2-6-14-12(16)9-8-11(18-15-9)10-4-3-7-17-10;/h3-4,7-8H,1-2,5-6,13H2,(H,14,16);1H. The molecule has 3 N–H and O–H groups in total. The molecule has 0 atom stereocenters. The molecule has 0 aromatic carbocycles. The fourth-order valence-corrected chi connectivity index (χ4v) is 1.48. The largest absolute Gasteiger partial charge is 0.461 e. The van der Waals surface area contributed by atoms with Gasteiger partial charge in [0.1, 0.15) is 0 Å². The molecule has 104 valence electrons. The summed E-state index contributed by atoms with van der Waals surface area (Å²) in [5.74, 6) is 0.727. The van der Waals surface area contributed by atoms with E-state index in [-0.39, 0.29) is 24.0 Å². The van der Waals surface area contributed by atoms with Gasteiger partial charge in [-0.1, -0.05) is 5.16 Å². The van der Waals surface area contributed by atoms with Gasteiger partial charge < -0.3 is 20.0 Å². The Hall–Kier alpha value is -1.79. The van der Waals surface area contributed by atoms with Crippen LogP contribution in [0.1, 0.15) is 23.3 Å². The lowest BCUT2D eigenvalue weighted by molar-refractivity contribution is 0.0944. The van der Waals surface area contributed by atoms with Crippen molar-refractivity contribution in [1.29, 1.82) is 0 Å². The molecule has 19 heavy (non-hydrogen) atoms. The Kier molecular flexibility index (Phi) is 6.11. The number of nitrogens with zero attached hydrogens (tertiary/aromatic N) is 1. The number of nitrogens with two attached hydrogens (primary N) is 1. The van der Waals surface area contributed by atoms with Crippen LogP contribution in [-0.4, -0.2) is 24.2 Å². The van der Waals surface area contributed by atoms with Crippen molar-refractivity contribution in [3.63, 3.8) is 0 Å². The van der Waals surface area contributed by atoms with Crippen LogP contribution < -0.4 is 11.1 Å². The molecule has 2 heterocycles. The molecule has 0 spiro atoms. The highest BCUT2D eigenvalue weighted by atomic mass is 35.5. The summed E-state index contributed by atoms with van der Waals surface area (Å²) < 4.78 is 10.2. The van der Waals surface area contributed by atoms with Crippen molar-refractivity contribution in [2.45, 2.75) is 12.8 Å². The topological polar surface area (TPSA) is 94.3 Å². The number of nitrogens with one attached hydrogen (secondary N) is 1. The van der Waals surface area contributed by atoms with Gasteiger partial charge in [0.2, 0.25) is 5.76 Å². The highest BCUT2D eigenvalue weighted by Gasteiger charge is 2.14. The van der Waals surface area contributed by atoms with Crippen LogP contribution in [0.5, 0.6) is 0 Å². The highest BCUT2D eigenvalue weighted by molar-refractivity contribution is 5.92. The summed E-state index contributed by atoms with van der Waals surface area (Å²) in [5, 5.41) is 6.44. The third-order valence-corrected chi connectivity index (χ3v) is 2.42. The fraction of sp³-hybridized carbons (Fsp3) is 0.333. The number of rotatable bonds is 6. The smallest absolute Gasteiger partial charge is 0.273 e. The third kappa shape index (κ3) is 4.11. The first-order valence-corrected chi connectivity index (χ1v) is 5.80. The van der Waals surface area contributed by atoms with Gasteiger partial charge in [0, 0.05) is 12.6 Å². The molecule has 7 heteroatoms. The average Bonchev–Trinajstić information content (AvgIpc) is 3.03. The molecule has 6 nitrogen and oxygen atoms in total. The van der Waals surface area contributed by atoms with Gasteiger partial charge in [0.15, 0.2) is 11.5 Å². The van der Waals surface area contributed by atoms with Gasteiger partial charge in [0.25, 0.3) is 5.91 Å². The van der Waals surface area contributed by atoms with Crippen LogP contribution >= 0.6 is 12.4 Å². The number of hydrogen-bond donors (Lipinski definition) is 2. The normalized spacial score (nSPS) is 9.95. The van der Waals surface area contributed by atoms with E-state index in [1.165, 1.54) is 6.26 Å². The summed E-state index contributed by atoms with van der Waals surface area (Å²) in [4.78, 5) is 11.7. The van der Waals surface area contributed by atoms with Crippen molar-refractivity contribution in [3.8, 4) is 11.5 Å². The Morgan fingerprint density at radius 1 is 1.37 bits per heavy atom. The molecule has 2 aromatic rings. The lowest BCUT2D eigenvalue weighted by Gasteiger charge is -2.00.